The molecule has 3 nitrogen and oxygen atoms in total. The van der Waals surface area contributed by atoms with Gasteiger partial charge in [0.25, 0.3) is 0 Å². The summed E-state index contributed by atoms with van der Waals surface area (Å²) in [7, 11) is 0. The third-order valence-corrected chi connectivity index (χ3v) is 2.31. The molecule has 0 aliphatic rings. The van der Waals surface area contributed by atoms with Crippen LogP contribution in [-0.4, -0.2) is 15.9 Å². The summed E-state index contributed by atoms with van der Waals surface area (Å²) < 4.78 is 0. The smallest absolute Gasteiger partial charge is 0.115 e. The molecule has 0 aromatic heterocycles. The summed E-state index contributed by atoms with van der Waals surface area (Å²) in [5.41, 5.74) is 1.81. The van der Waals surface area contributed by atoms with Gasteiger partial charge in [-0.1, -0.05) is 0 Å². The van der Waals surface area contributed by atoms with E-state index in [1.807, 2.05) is 0 Å². The van der Waals surface area contributed by atoms with Crippen molar-refractivity contribution in [3.8, 4) is 11.5 Å². The average molecular weight is 213 g/mol. The van der Waals surface area contributed by atoms with E-state index in [2.05, 4.69) is 0 Å². The van der Waals surface area contributed by atoms with Crippen LogP contribution in [0.2, 0.25) is 0 Å². The summed E-state index contributed by atoms with van der Waals surface area (Å²) in [6, 6.07) is 12.9. The zero-order chi connectivity index (χ0) is 11.5. The summed E-state index contributed by atoms with van der Waals surface area (Å²) in [6.07, 6.45) is 0. The van der Waals surface area contributed by atoms with Gasteiger partial charge in [-0.2, -0.15) is 0 Å². The number of benzene rings is 2. The van der Waals surface area contributed by atoms with Crippen molar-refractivity contribution in [2.75, 3.05) is 0 Å². The predicted octanol–water partition coefficient (Wildman–Crippen LogP) is 2.51. The Hall–Kier alpha value is -2.29. The van der Waals surface area contributed by atoms with Crippen molar-refractivity contribution in [2.24, 2.45) is 0 Å². The molecular weight excluding hydrogens is 202 g/mol. The van der Waals surface area contributed by atoms with E-state index in [1.165, 1.54) is 0 Å². The van der Waals surface area contributed by atoms with Crippen molar-refractivity contribution in [3.05, 3.63) is 59.7 Å². The van der Waals surface area contributed by atoms with Gasteiger partial charge in [-0.05, 0) is 48.5 Å². The molecule has 0 radical (unpaired) electrons. The Morgan fingerprint density at radius 1 is 0.688 bits per heavy atom. The Balaban J connectivity index is 2.32. The number of phenolic OH excluding ortho intramolecular Hbond substituents is 2. The Labute approximate surface area is 93.1 Å². The lowest BCUT2D eigenvalue weighted by molar-refractivity contribution is 0.475. The zero-order valence-corrected chi connectivity index (χ0v) is 8.51. The Morgan fingerprint density at radius 3 is 1.31 bits per heavy atom. The second-order valence-corrected chi connectivity index (χ2v) is 3.47. The lowest BCUT2D eigenvalue weighted by atomic mass is 10.0. The maximum Gasteiger partial charge on any atom is 0.115 e. The van der Waals surface area contributed by atoms with E-state index in [1.54, 1.807) is 48.5 Å². The molecule has 0 heterocycles. The predicted molar refractivity (Wildman–Crippen MR) is 62.1 cm³/mol. The molecule has 3 N–H and O–H groups in total. The molecule has 80 valence electrons. The molecule has 0 saturated heterocycles. The van der Waals surface area contributed by atoms with Crippen molar-refractivity contribution < 1.29 is 10.2 Å². The third kappa shape index (κ3) is 2.03. The minimum atomic E-state index is 0.183. The van der Waals surface area contributed by atoms with Gasteiger partial charge in [0.05, 0.1) is 5.71 Å². The molecular formula is C13H11NO2. The highest BCUT2D eigenvalue weighted by atomic mass is 16.3. The molecule has 16 heavy (non-hydrogen) atoms. The fourth-order valence-electron chi connectivity index (χ4n) is 1.42. The van der Waals surface area contributed by atoms with Crippen LogP contribution in [0.3, 0.4) is 0 Å². The van der Waals surface area contributed by atoms with Crippen molar-refractivity contribution >= 4 is 5.71 Å². The van der Waals surface area contributed by atoms with Crippen LogP contribution < -0.4 is 0 Å². The zero-order valence-electron chi connectivity index (χ0n) is 8.51. The Bertz CT molecular complexity index is 453. The monoisotopic (exact) mass is 213 g/mol. The molecule has 2 rings (SSSR count). The first kappa shape index (κ1) is 10.2. The number of rotatable bonds is 2. The average Bonchev–Trinajstić information content (AvgIpc) is 2.30. The first-order valence-corrected chi connectivity index (χ1v) is 4.84. The second kappa shape index (κ2) is 4.06. The number of hydrogen-bond donors (Lipinski definition) is 3. The molecule has 0 aliphatic carbocycles. The fourth-order valence-corrected chi connectivity index (χ4v) is 1.42. The van der Waals surface area contributed by atoms with Crippen LogP contribution in [0.15, 0.2) is 48.5 Å². The lowest BCUT2D eigenvalue weighted by Gasteiger charge is -2.04. The van der Waals surface area contributed by atoms with E-state index in [0.29, 0.717) is 5.71 Å². The molecule has 2 aromatic carbocycles. The third-order valence-electron chi connectivity index (χ3n) is 2.31. The van der Waals surface area contributed by atoms with Gasteiger partial charge < -0.3 is 10.2 Å². The van der Waals surface area contributed by atoms with E-state index in [0.717, 1.165) is 11.1 Å². The number of nitrogens with one attached hydrogen (secondary N) is 1. The normalized spacial score (nSPS) is 10.0. The molecule has 0 aliphatic heterocycles. The number of phenols is 2. The van der Waals surface area contributed by atoms with Crippen LogP contribution in [0.1, 0.15) is 11.1 Å². The van der Waals surface area contributed by atoms with E-state index >= 15 is 0 Å². The molecule has 3 heteroatoms. The molecule has 0 atom stereocenters. The summed E-state index contributed by atoms with van der Waals surface area (Å²) >= 11 is 0. The van der Waals surface area contributed by atoms with E-state index in [9.17, 15) is 0 Å². The Morgan fingerprint density at radius 2 is 1.00 bits per heavy atom. The minimum absolute atomic E-state index is 0.183. The van der Waals surface area contributed by atoms with Crippen molar-refractivity contribution in [3.63, 3.8) is 0 Å². The number of hydrogen-bond acceptors (Lipinski definition) is 3. The highest BCUT2D eigenvalue weighted by Crippen LogP contribution is 2.16. The molecule has 0 fully saturated rings. The molecule has 0 bridgehead atoms. The molecule has 0 spiro atoms. The van der Waals surface area contributed by atoms with Crippen molar-refractivity contribution in [1.29, 1.82) is 5.41 Å². The SMILES string of the molecule is N=C(c1ccc(O)cc1)c1ccc(O)cc1. The minimum Gasteiger partial charge on any atom is -0.508 e. The standard InChI is InChI=1S/C13H11NO2/c14-13(9-1-5-11(15)6-2-9)10-3-7-12(16)8-4-10/h1-8,14-16H. The van der Waals surface area contributed by atoms with E-state index in [-0.39, 0.29) is 11.5 Å². The molecule has 0 amide bonds. The van der Waals surface area contributed by atoms with Crippen LogP contribution in [0.5, 0.6) is 11.5 Å². The largest absolute Gasteiger partial charge is 0.508 e. The van der Waals surface area contributed by atoms with Crippen LogP contribution in [0.4, 0.5) is 0 Å². The quantitative estimate of drug-likeness (QED) is 0.671. The van der Waals surface area contributed by atoms with Gasteiger partial charge in [0.2, 0.25) is 0 Å². The molecule has 2 aromatic rings. The van der Waals surface area contributed by atoms with Crippen LogP contribution in [0, 0.1) is 5.41 Å². The Kier molecular flexibility index (Phi) is 2.60. The van der Waals surface area contributed by atoms with Gasteiger partial charge in [0.1, 0.15) is 11.5 Å². The topological polar surface area (TPSA) is 64.3 Å². The van der Waals surface area contributed by atoms with Gasteiger partial charge in [-0.15, -0.1) is 0 Å². The van der Waals surface area contributed by atoms with Gasteiger partial charge in [0.15, 0.2) is 0 Å². The van der Waals surface area contributed by atoms with Crippen LogP contribution in [-0.2, 0) is 0 Å². The van der Waals surface area contributed by atoms with Gasteiger partial charge in [0, 0.05) is 11.1 Å². The molecule has 0 unspecified atom stereocenters. The van der Waals surface area contributed by atoms with Gasteiger partial charge >= 0.3 is 0 Å². The highest BCUT2D eigenvalue weighted by Gasteiger charge is 2.04. The van der Waals surface area contributed by atoms with Gasteiger partial charge in [-0.3, -0.25) is 5.41 Å². The number of aromatic hydroxyl groups is 2. The van der Waals surface area contributed by atoms with Crippen molar-refractivity contribution in [2.45, 2.75) is 0 Å². The summed E-state index contributed by atoms with van der Waals surface area (Å²) in [6.45, 7) is 0. The van der Waals surface area contributed by atoms with Crippen LogP contribution >= 0.6 is 0 Å². The molecule has 0 saturated carbocycles. The summed E-state index contributed by atoms with van der Waals surface area (Å²) in [4.78, 5) is 0. The first-order valence-electron chi connectivity index (χ1n) is 4.84. The van der Waals surface area contributed by atoms with E-state index < -0.39 is 0 Å². The fraction of sp³-hybridized carbons (Fsp3) is 0. The van der Waals surface area contributed by atoms with Crippen LogP contribution in [0.25, 0.3) is 0 Å². The first-order chi connectivity index (χ1) is 7.66. The highest BCUT2D eigenvalue weighted by molar-refractivity contribution is 6.10. The maximum absolute atomic E-state index is 9.14. The summed E-state index contributed by atoms with van der Waals surface area (Å²) in [5.74, 6) is 0.365. The second-order valence-electron chi connectivity index (χ2n) is 3.47. The van der Waals surface area contributed by atoms with Crippen molar-refractivity contribution in [1.82, 2.24) is 0 Å². The van der Waals surface area contributed by atoms with E-state index in [4.69, 9.17) is 15.6 Å². The lowest BCUT2D eigenvalue weighted by Crippen LogP contribution is -2.00. The maximum atomic E-state index is 9.14. The summed E-state index contributed by atoms with van der Waals surface area (Å²) in [5, 5.41) is 26.2. The van der Waals surface area contributed by atoms with Gasteiger partial charge in [-0.25, -0.2) is 0 Å².